The van der Waals surface area contributed by atoms with E-state index in [-0.39, 0.29) is 27.2 Å². The summed E-state index contributed by atoms with van der Waals surface area (Å²) in [5, 5.41) is 12.2. The number of hydrogen-bond donors (Lipinski definition) is 3. The van der Waals surface area contributed by atoms with Crippen LogP contribution in [-0.4, -0.2) is 40.8 Å². The number of rotatable bonds is 8. The number of sulfonamides is 1. The highest BCUT2D eigenvalue weighted by molar-refractivity contribution is 14.1. The van der Waals surface area contributed by atoms with Gasteiger partial charge in [0.2, 0.25) is 0 Å². The molecule has 4 aromatic rings. The van der Waals surface area contributed by atoms with E-state index >= 15 is 0 Å². The van der Waals surface area contributed by atoms with Crippen molar-refractivity contribution >= 4 is 87.7 Å². The van der Waals surface area contributed by atoms with Crippen LogP contribution in [0.5, 0.6) is 0 Å². The first-order valence-electron chi connectivity index (χ1n) is 10.0. The largest absolute Gasteiger partial charge is 0.480 e. The van der Waals surface area contributed by atoms with Crippen molar-refractivity contribution < 1.29 is 27.5 Å². The van der Waals surface area contributed by atoms with Gasteiger partial charge in [0, 0.05) is 16.2 Å². The molecule has 0 bridgehead atoms. The van der Waals surface area contributed by atoms with E-state index in [0.29, 0.717) is 19.2 Å². The van der Waals surface area contributed by atoms with Gasteiger partial charge in [-0.25, -0.2) is 14.2 Å². The lowest BCUT2D eigenvalue weighted by Crippen LogP contribution is -2.42. The van der Waals surface area contributed by atoms with Gasteiger partial charge in [0.15, 0.2) is 5.03 Å². The third-order valence-electron chi connectivity index (χ3n) is 5.00. The van der Waals surface area contributed by atoms with Crippen LogP contribution in [0.2, 0.25) is 0 Å². The molecule has 186 valence electrons. The maximum absolute atomic E-state index is 13.5. The second-order valence-corrected chi connectivity index (χ2v) is 12.0. The molecule has 2 aromatic carbocycles. The predicted molar refractivity (Wildman–Crippen MR) is 144 cm³/mol. The zero-order valence-electron chi connectivity index (χ0n) is 17.9. The Balaban J connectivity index is 1.62. The van der Waals surface area contributed by atoms with Gasteiger partial charge in [-0.3, -0.25) is 9.52 Å². The van der Waals surface area contributed by atoms with Crippen LogP contribution in [-0.2, 0) is 21.2 Å². The van der Waals surface area contributed by atoms with Crippen LogP contribution in [0.1, 0.15) is 15.9 Å². The first-order valence-corrected chi connectivity index (χ1v) is 14.2. The molecule has 1 atom stereocenters. The van der Waals surface area contributed by atoms with Crippen molar-refractivity contribution in [2.24, 2.45) is 0 Å². The molecular formula is C22H15BrFIN4O5S2. The summed E-state index contributed by atoms with van der Waals surface area (Å²) in [5.74, 6) is -2.62. The number of benzene rings is 2. The second kappa shape index (κ2) is 10.7. The number of pyridine rings is 1. The molecular weight excluding hydrogens is 690 g/mol. The van der Waals surface area contributed by atoms with Gasteiger partial charge in [-0.1, -0.05) is 6.07 Å². The Hall–Kier alpha value is -2.69. The van der Waals surface area contributed by atoms with Crippen LogP contribution in [0.25, 0.3) is 10.1 Å². The maximum atomic E-state index is 13.5. The fourth-order valence-corrected chi connectivity index (χ4v) is 6.15. The Morgan fingerprint density at radius 2 is 1.97 bits per heavy atom. The van der Waals surface area contributed by atoms with Gasteiger partial charge in [-0.05, 0) is 92.0 Å². The van der Waals surface area contributed by atoms with Crippen molar-refractivity contribution in [1.82, 2.24) is 14.7 Å². The summed E-state index contributed by atoms with van der Waals surface area (Å²) in [7, 11) is -4.22. The Morgan fingerprint density at radius 1 is 1.19 bits per heavy atom. The number of nitrogens with zero attached hydrogens (tertiary/aromatic N) is 2. The lowest BCUT2D eigenvalue weighted by atomic mass is 10.0. The molecule has 0 aliphatic carbocycles. The average Bonchev–Trinajstić information content (AvgIpc) is 3.29. The molecule has 0 aliphatic rings. The molecule has 9 nitrogen and oxygen atoms in total. The van der Waals surface area contributed by atoms with Crippen LogP contribution in [0.4, 0.5) is 10.1 Å². The van der Waals surface area contributed by atoms with Crippen LogP contribution < -0.4 is 10.0 Å². The Bertz CT molecular complexity index is 1600. The van der Waals surface area contributed by atoms with E-state index < -0.39 is 33.8 Å². The third-order valence-corrected chi connectivity index (χ3v) is 8.36. The summed E-state index contributed by atoms with van der Waals surface area (Å²) in [4.78, 5) is 28.9. The molecule has 0 spiro atoms. The van der Waals surface area contributed by atoms with Crippen molar-refractivity contribution in [3.05, 3.63) is 79.8 Å². The van der Waals surface area contributed by atoms with E-state index in [1.54, 1.807) is 12.1 Å². The molecule has 0 fully saturated rings. The number of amides is 1. The molecule has 36 heavy (non-hydrogen) atoms. The minimum absolute atomic E-state index is 0.0462. The van der Waals surface area contributed by atoms with Gasteiger partial charge in [0.1, 0.15) is 11.9 Å². The highest BCUT2D eigenvalue weighted by Crippen LogP contribution is 2.27. The number of nitrogens with one attached hydrogen (secondary N) is 2. The molecule has 0 saturated heterocycles. The second-order valence-electron chi connectivity index (χ2n) is 7.47. The van der Waals surface area contributed by atoms with Gasteiger partial charge in [0.05, 0.1) is 32.0 Å². The summed E-state index contributed by atoms with van der Waals surface area (Å²) in [6, 6.07) is 8.74. The minimum Gasteiger partial charge on any atom is -0.480 e. The summed E-state index contributed by atoms with van der Waals surface area (Å²) in [6.45, 7) is 0. The van der Waals surface area contributed by atoms with E-state index in [2.05, 4.69) is 35.3 Å². The average molecular weight is 705 g/mol. The lowest BCUT2D eigenvalue weighted by Gasteiger charge is -2.17. The lowest BCUT2D eigenvalue weighted by molar-refractivity contribution is -0.139. The normalized spacial score (nSPS) is 12.3. The summed E-state index contributed by atoms with van der Waals surface area (Å²) in [6.07, 6.45) is 2.63. The number of carboxylic acid groups (broad SMARTS) is 1. The van der Waals surface area contributed by atoms with Crippen molar-refractivity contribution in [1.29, 1.82) is 0 Å². The van der Waals surface area contributed by atoms with Crippen molar-refractivity contribution in [3.63, 3.8) is 0 Å². The number of carboxylic acids is 1. The van der Waals surface area contributed by atoms with Crippen molar-refractivity contribution in [2.75, 3.05) is 4.72 Å². The van der Waals surface area contributed by atoms with Crippen LogP contribution in [0.3, 0.4) is 0 Å². The SMILES string of the molecule is O=C(NC(Cc1ccc(F)c(Br)c1)C(=O)O)c1ccc(I)cc1NS(=O)(=O)c1nccc2sncc12. The third kappa shape index (κ3) is 5.82. The van der Waals surface area contributed by atoms with Crippen LogP contribution in [0, 0.1) is 9.39 Å². The number of anilines is 1. The summed E-state index contributed by atoms with van der Waals surface area (Å²) >= 11 is 6.13. The molecule has 2 aromatic heterocycles. The molecule has 3 N–H and O–H groups in total. The molecule has 1 unspecified atom stereocenters. The Labute approximate surface area is 230 Å². The number of aliphatic carboxylic acids is 1. The summed E-state index contributed by atoms with van der Waals surface area (Å²) < 4.78 is 47.7. The van der Waals surface area contributed by atoms with Crippen LogP contribution >= 0.6 is 50.1 Å². The zero-order chi connectivity index (χ0) is 26.0. The topological polar surface area (TPSA) is 138 Å². The molecule has 0 radical (unpaired) electrons. The fraction of sp³-hybridized carbons (Fsp3) is 0.0909. The first kappa shape index (κ1) is 26.4. The molecule has 2 heterocycles. The van der Waals surface area contributed by atoms with E-state index in [9.17, 15) is 27.5 Å². The van der Waals surface area contributed by atoms with E-state index in [1.807, 2.05) is 22.6 Å². The number of carbonyl (C=O) groups excluding carboxylic acids is 1. The molecule has 0 aliphatic heterocycles. The molecule has 14 heteroatoms. The van der Waals surface area contributed by atoms with E-state index in [0.717, 1.165) is 11.5 Å². The van der Waals surface area contributed by atoms with Gasteiger partial charge in [0.25, 0.3) is 15.9 Å². The Morgan fingerprint density at radius 3 is 2.69 bits per heavy atom. The molecule has 1 amide bonds. The first-order chi connectivity index (χ1) is 17.0. The maximum Gasteiger partial charge on any atom is 0.326 e. The van der Waals surface area contributed by atoms with E-state index in [4.69, 9.17) is 0 Å². The summed E-state index contributed by atoms with van der Waals surface area (Å²) in [5.41, 5.74) is 0.347. The predicted octanol–water partition coefficient (Wildman–Crippen LogP) is 4.42. The number of aromatic nitrogens is 2. The zero-order valence-corrected chi connectivity index (χ0v) is 23.3. The number of hydrogen-bond acceptors (Lipinski definition) is 7. The highest BCUT2D eigenvalue weighted by atomic mass is 127. The fourth-order valence-electron chi connectivity index (χ4n) is 3.32. The monoisotopic (exact) mass is 704 g/mol. The van der Waals surface area contributed by atoms with Gasteiger partial charge in [-0.2, -0.15) is 12.8 Å². The highest BCUT2D eigenvalue weighted by Gasteiger charge is 2.26. The van der Waals surface area contributed by atoms with Crippen molar-refractivity contribution in [2.45, 2.75) is 17.5 Å². The quantitative estimate of drug-likeness (QED) is 0.231. The van der Waals surface area contributed by atoms with Crippen molar-refractivity contribution in [3.8, 4) is 0 Å². The number of halogens is 3. The molecule has 4 rings (SSSR count). The number of carbonyl (C=O) groups is 2. The van der Waals surface area contributed by atoms with E-state index in [1.165, 1.54) is 42.7 Å². The van der Waals surface area contributed by atoms with Gasteiger partial charge in [-0.15, -0.1) is 0 Å². The molecule has 0 saturated carbocycles. The number of fused-ring (bicyclic) bond motifs is 1. The Kier molecular flexibility index (Phi) is 7.87. The van der Waals surface area contributed by atoms with Gasteiger partial charge >= 0.3 is 5.97 Å². The van der Waals surface area contributed by atoms with Gasteiger partial charge < -0.3 is 10.4 Å². The van der Waals surface area contributed by atoms with Crippen LogP contribution in [0.15, 0.2) is 64.4 Å². The minimum atomic E-state index is -4.22. The standard InChI is InChI=1S/C22H15BrFIN4O5S2/c23-15-7-11(1-4-16(15)24)8-18(22(31)32)28-20(30)13-3-2-12(25)9-17(13)29-36(33,34)21-14-10-27-35-19(14)5-6-26-21/h1-7,9-10,18,29H,8H2,(H,28,30)(H,31,32). The smallest absolute Gasteiger partial charge is 0.326 e.